The van der Waals surface area contributed by atoms with E-state index in [1.807, 2.05) is 25.1 Å². The Morgan fingerprint density at radius 2 is 2.28 bits per heavy atom. The molecule has 1 aromatic heterocycles. The van der Waals surface area contributed by atoms with Crippen molar-refractivity contribution in [2.45, 2.75) is 29.1 Å². The molecule has 2 N–H and O–H groups in total. The predicted octanol–water partition coefficient (Wildman–Crippen LogP) is 2.72. The number of benzene rings is 1. The van der Waals surface area contributed by atoms with Crippen molar-refractivity contribution in [3.05, 3.63) is 29.6 Å². The van der Waals surface area contributed by atoms with Gasteiger partial charge in [0.05, 0.1) is 7.11 Å². The maximum Gasteiger partial charge on any atom is 0.174 e. The Kier molecular flexibility index (Phi) is 4.57. The van der Waals surface area contributed by atoms with Crippen molar-refractivity contribution in [2.75, 3.05) is 7.11 Å². The molecule has 0 saturated carbocycles. The second kappa shape index (κ2) is 6.17. The van der Waals surface area contributed by atoms with Gasteiger partial charge in [-0.05, 0) is 29.2 Å². The third-order valence-electron chi connectivity index (χ3n) is 2.46. The number of aryl methyl sites for hydroxylation is 1. The van der Waals surface area contributed by atoms with Crippen LogP contribution in [-0.4, -0.2) is 16.5 Å². The van der Waals surface area contributed by atoms with Crippen LogP contribution >= 0.6 is 23.3 Å². The number of nitrogens with zero attached hydrogens (tertiary/aromatic N) is 2. The standard InChI is InChI=1S/C12H15N3OS2/c1-3-11-14-12(18-15-11)17-10-6-9(16-2)5-4-8(10)7-13/h4-6H,3,7,13H2,1-2H3. The zero-order valence-electron chi connectivity index (χ0n) is 10.3. The third kappa shape index (κ3) is 3.01. The molecule has 0 unspecified atom stereocenters. The molecule has 1 aromatic carbocycles. The van der Waals surface area contributed by atoms with Gasteiger partial charge in [0.25, 0.3) is 0 Å². The molecular weight excluding hydrogens is 266 g/mol. The lowest BCUT2D eigenvalue weighted by Crippen LogP contribution is -1.98. The fraction of sp³-hybridized carbons (Fsp3) is 0.333. The first kappa shape index (κ1) is 13.3. The predicted molar refractivity (Wildman–Crippen MR) is 74.3 cm³/mol. The van der Waals surface area contributed by atoms with Gasteiger partial charge in [-0.2, -0.15) is 4.37 Å². The van der Waals surface area contributed by atoms with Crippen molar-refractivity contribution in [1.82, 2.24) is 9.36 Å². The second-order valence-electron chi connectivity index (χ2n) is 3.61. The van der Waals surface area contributed by atoms with E-state index in [0.29, 0.717) is 6.54 Å². The van der Waals surface area contributed by atoms with E-state index < -0.39 is 0 Å². The van der Waals surface area contributed by atoms with E-state index in [4.69, 9.17) is 10.5 Å². The molecule has 96 valence electrons. The van der Waals surface area contributed by atoms with Crippen LogP contribution in [0.4, 0.5) is 0 Å². The monoisotopic (exact) mass is 281 g/mol. The fourth-order valence-electron chi connectivity index (χ4n) is 1.44. The number of rotatable bonds is 5. The SMILES string of the molecule is CCc1nsc(Sc2cc(OC)ccc2CN)n1. The van der Waals surface area contributed by atoms with Crippen molar-refractivity contribution < 1.29 is 4.74 Å². The minimum atomic E-state index is 0.506. The smallest absolute Gasteiger partial charge is 0.174 e. The van der Waals surface area contributed by atoms with Crippen LogP contribution in [0.1, 0.15) is 18.3 Å². The van der Waals surface area contributed by atoms with Gasteiger partial charge < -0.3 is 10.5 Å². The van der Waals surface area contributed by atoms with Crippen molar-refractivity contribution in [2.24, 2.45) is 5.73 Å². The number of hydrogen-bond donors (Lipinski definition) is 1. The van der Waals surface area contributed by atoms with Crippen LogP contribution in [0, 0.1) is 0 Å². The molecule has 0 aliphatic rings. The Morgan fingerprint density at radius 3 is 2.89 bits per heavy atom. The molecule has 0 amide bonds. The molecule has 2 rings (SSSR count). The summed E-state index contributed by atoms with van der Waals surface area (Å²) in [6.45, 7) is 2.55. The average Bonchev–Trinajstić information content (AvgIpc) is 2.86. The first-order valence-corrected chi connectivity index (χ1v) is 7.23. The molecule has 0 fully saturated rings. The maximum absolute atomic E-state index is 5.74. The summed E-state index contributed by atoms with van der Waals surface area (Å²) in [6, 6.07) is 5.90. The number of aromatic nitrogens is 2. The molecule has 18 heavy (non-hydrogen) atoms. The molecule has 0 aliphatic carbocycles. The van der Waals surface area contributed by atoms with Crippen LogP contribution in [0.5, 0.6) is 5.75 Å². The van der Waals surface area contributed by atoms with Gasteiger partial charge in [0.1, 0.15) is 11.6 Å². The topological polar surface area (TPSA) is 61.0 Å². The van der Waals surface area contributed by atoms with Gasteiger partial charge >= 0.3 is 0 Å². The van der Waals surface area contributed by atoms with Crippen LogP contribution in [0.2, 0.25) is 0 Å². The largest absolute Gasteiger partial charge is 0.497 e. The first-order valence-electron chi connectivity index (χ1n) is 5.64. The minimum Gasteiger partial charge on any atom is -0.497 e. The molecule has 0 aliphatic heterocycles. The summed E-state index contributed by atoms with van der Waals surface area (Å²) in [4.78, 5) is 5.52. The van der Waals surface area contributed by atoms with Gasteiger partial charge in [-0.1, -0.05) is 24.8 Å². The van der Waals surface area contributed by atoms with Crippen molar-refractivity contribution >= 4 is 23.3 Å². The van der Waals surface area contributed by atoms with Gasteiger partial charge in [0.15, 0.2) is 4.34 Å². The van der Waals surface area contributed by atoms with Crippen LogP contribution in [0.15, 0.2) is 27.4 Å². The summed E-state index contributed by atoms with van der Waals surface area (Å²) in [5.74, 6) is 1.72. The van der Waals surface area contributed by atoms with Crippen molar-refractivity contribution in [1.29, 1.82) is 0 Å². The molecule has 0 spiro atoms. The number of nitrogens with two attached hydrogens (primary N) is 1. The minimum absolute atomic E-state index is 0.506. The Balaban J connectivity index is 2.25. The highest BCUT2D eigenvalue weighted by molar-refractivity contribution is 8.01. The maximum atomic E-state index is 5.74. The summed E-state index contributed by atoms with van der Waals surface area (Å²) in [6.07, 6.45) is 0.860. The molecule has 6 heteroatoms. The van der Waals surface area contributed by atoms with E-state index in [1.54, 1.807) is 18.9 Å². The van der Waals surface area contributed by atoms with Crippen molar-refractivity contribution in [3.8, 4) is 5.75 Å². The highest BCUT2D eigenvalue weighted by atomic mass is 32.2. The van der Waals surface area contributed by atoms with Gasteiger partial charge in [-0.3, -0.25) is 0 Å². The van der Waals surface area contributed by atoms with E-state index in [-0.39, 0.29) is 0 Å². The zero-order valence-corrected chi connectivity index (χ0v) is 12.0. The summed E-state index contributed by atoms with van der Waals surface area (Å²) in [5, 5.41) is 0. The Labute approximate surface area is 115 Å². The van der Waals surface area contributed by atoms with Gasteiger partial charge in [-0.25, -0.2) is 4.98 Å². The lowest BCUT2D eigenvalue weighted by molar-refractivity contribution is 0.413. The van der Waals surface area contributed by atoms with Gasteiger partial charge in [0, 0.05) is 17.9 Å². The normalized spacial score (nSPS) is 10.6. The molecular formula is C12H15N3OS2. The van der Waals surface area contributed by atoms with E-state index in [0.717, 1.165) is 32.8 Å². The summed E-state index contributed by atoms with van der Waals surface area (Å²) >= 11 is 3.01. The van der Waals surface area contributed by atoms with E-state index >= 15 is 0 Å². The number of methoxy groups -OCH3 is 1. The Hall–Kier alpha value is -1.11. The van der Waals surface area contributed by atoms with Crippen LogP contribution < -0.4 is 10.5 Å². The molecule has 4 nitrogen and oxygen atoms in total. The highest BCUT2D eigenvalue weighted by Crippen LogP contribution is 2.33. The van der Waals surface area contributed by atoms with Crippen LogP contribution in [0.25, 0.3) is 0 Å². The molecule has 0 saturated heterocycles. The van der Waals surface area contributed by atoms with Crippen molar-refractivity contribution in [3.63, 3.8) is 0 Å². The molecule has 2 aromatic rings. The molecule has 1 heterocycles. The first-order chi connectivity index (χ1) is 8.76. The lowest BCUT2D eigenvalue weighted by Gasteiger charge is -2.07. The zero-order chi connectivity index (χ0) is 13.0. The Bertz CT molecular complexity index is 528. The fourth-order valence-corrected chi connectivity index (χ4v) is 3.27. The average molecular weight is 281 g/mol. The van der Waals surface area contributed by atoms with Gasteiger partial charge in [0.2, 0.25) is 0 Å². The number of ether oxygens (including phenoxy) is 1. The van der Waals surface area contributed by atoms with Crippen LogP contribution in [0.3, 0.4) is 0 Å². The summed E-state index contributed by atoms with van der Waals surface area (Å²) in [5.41, 5.74) is 6.83. The second-order valence-corrected chi connectivity index (χ2v) is 5.65. The van der Waals surface area contributed by atoms with Crippen LogP contribution in [-0.2, 0) is 13.0 Å². The molecule has 0 radical (unpaired) electrons. The van der Waals surface area contributed by atoms with Gasteiger partial charge in [-0.15, -0.1) is 0 Å². The molecule has 0 bridgehead atoms. The van der Waals surface area contributed by atoms with E-state index in [2.05, 4.69) is 9.36 Å². The van der Waals surface area contributed by atoms with E-state index in [9.17, 15) is 0 Å². The third-order valence-corrected chi connectivity index (χ3v) is 4.35. The number of hydrogen-bond acceptors (Lipinski definition) is 6. The Morgan fingerprint density at radius 1 is 1.44 bits per heavy atom. The lowest BCUT2D eigenvalue weighted by atomic mass is 10.2. The summed E-state index contributed by atoms with van der Waals surface area (Å²) in [7, 11) is 1.66. The quantitative estimate of drug-likeness (QED) is 0.913. The highest BCUT2D eigenvalue weighted by Gasteiger charge is 2.09. The molecule has 0 atom stereocenters. The van der Waals surface area contributed by atoms with E-state index in [1.165, 1.54) is 11.5 Å². The summed E-state index contributed by atoms with van der Waals surface area (Å²) < 4.78 is 10.4.